The topological polar surface area (TPSA) is 66.4 Å². The molecular formula is C21H24N4O2. The molecule has 0 N–H and O–H groups in total. The molecule has 1 aromatic heterocycles. The van der Waals surface area contributed by atoms with Gasteiger partial charge in [-0.25, -0.2) is 4.98 Å². The highest BCUT2D eigenvalue weighted by Gasteiger charge is 2.51. The van der Waals surface area contributed by atoms with Gasteiger partial charge in [0, 0.05) is 38.6 Å². The molecule has 2 aliphatic rings. The maximum atomic E-state index is 13.0. The number of likely N-dealkylation sites (N-methyl/N-ethyl adjacent to an activating group) is 1. The van der Waals surface area contributed by atoms with Gasteiger partial charge in [0.05, 0.1) is 11.6 Å². The minimum absolute atomic E-state index is 0.0995. The van der Waals surface area contributed by atoms with Gasteiger partial charge in [-0.15, -0.1) is 0 Å². The van der Waals surface area contributed by atoms with E-state index in [1.54, 1.807) is 11.1 Å². The predicted octanol–water partition coefficient (Wildman–Crippen LogP) is 2.17. The van der Waals surface area contributed by atoms with E-state index in [2.05, 4.69) is 22.1 Å². The first-order valence-electron chi connectivity index (χ1n) is 9.45. The van der Waals surface area contributed by atoms with Gasteiger partial charge in [-0.3, -0.25) is 14.6 Å². The van der Waals surface area contributed by atoms with Crippen LogP contribution in [-0.4, -0.2) is 57.8 Å². The van der Waals surface area contributed by atoms with Gasteiger partial charge in [-0.1, -0.05) is 30.3 Å². The van der Waals surface area contributed by atoms with Crippen LogP contribution in [0, 0.1) is 5.41 Å². The highest BCUT2D eigenvalue weighted by atomic mass is 16.2. The molecule has 2 fully saturated rings. The average molecular weight is 364 g/mol. The molecule has 0 bridgehead atoms. The molecule has 2 aliphatic heterocycles. The first kappa shape index (κ1) is 17.6. The fourth-order valence-electron chi connectivity index (χ4n) is 4.44. The highest BCUT2D eigenvalue weighted by Crippen LogP contribution is 2.44. The molecule has 3 heterocycles. The molecule has 2 saturated heterocycles. The summed E-state index contributed by atoms with van der Waals surface area (Å²) < 4.78 is 0. The van der Waals surface area contributed by atoms with Gasteiger partial charge in [0.1, 0.15) is 5.69 Å². The molecule has 140 valence electrons. The van der Waals surface area contributed by atoms with Crippen molar-refractivity contribution in [2.24, 2.45) is 5.41 Å². The molecule has 1 atom stereocenters. The molecular weight excluding hydrogens is 340 g/mol. The van der Waals surface area contributed by atoms with E-state index in [9.17, 15) is 9.59 Å². The third-order valence-corrected chi connectivity index (χ3v) is 6.05. The van der Waals surface area contributed by atoms with Crippen LogP contribution in [0.15, 0.2) is 48.9 Å². The monoisotopic (exact) mass is 364 g/mol. The van der Waals surface area contributed by atoms with Crippen LogP contribution in [0.5, 0.6) is 0 Å². The van der Waals surface area contributed by atoms with Gasteiger partial charge in [0.25, 0.3) is 5.91 Å². The first-order valence-corrected chi connectivity index (χ1v) is 9.45. The number of rotatable bonds is 3. The van der Waals surface area contributed by atoms with Crippen molar-refractivity contribution in [3.8, 4) is 0 Å². The molecule has 4 rings (SSSR count). The fraction of sp³-hybridized carbons (Fsp3) is 0.429. The number of hydrogen-bond acceptors (Lipinski definition) is 4. The minimum atomic E-state index is -0.326. The van der Waals surface area contributed by atoms with Crippen molar-refractivity contribution in [3.05, 3.63) is 60.2 Å². The molecule has 0 radical (unpaired) electrons. The lowest BCUT2D eigenvalue weighted by atomic mass is 9.75. The molecule has 2 amide bonds. The lowest BCUT2D eigenvalue weighted by Crippen LogP contribution is -2.46. The zero-order valence-electron chi connectivity index (χ0n) is 15.5. The zero-order chi connectivity index (χ0) is 18.9. The number of amides is 2. The van der Waals surface area contributed by atoms with Crippen LogP contribution in [0.2, 0.25) is 0 Å². The van der Waals surface area contributed by atoms with Gasteiger partial charge in [0.2, 0.25) is 5.91 Å². The molecule has 0 saturated carbocycles. The maximum absolute atomic E-state index is 13.0. The van der Waals surface area contributed by atoms with Crippen molar-refractivity contribution >= 4 is 11.8 Å². The van der Waals surface area contributed by atoms with E-state index in [4.69, 9.17) is 0 Å². The smallest absolute Gasteiger partial charge is 0.274 e. The van der Waals surface area contributed by atoms with E-state index in [0.29, 0.717) is 31.6 Å². The van der Waals surface area contributed by atoms with Crippen molar-refractivity contribution < 1.29 is 9.59 Å². The summed E-state index contributed by atoms with van der Waals surface area (Å²) in [6, 6.07) is 10.5. The Morgan fingerprint density at radius 1 is 1.19 bits per heavy atom. The van der Waals surface area contributed by atoms with E-state index in [1.807, 2.05) is 30.1 Å². The standard InChI is InChI=1S/C21H24N4O2/c1-24-17(13-16-5-3-2-4-6-16)14-21(20(24)27)7-11-25(12-8-21)19(26)18-15-22-9-10-23-18/h2-6,9-10,15,17H,7-8,11-14H2,1H3/t17-/m0/s1. The second kappa shape index (κ2) is 7.10. The fourth-order valence-corrected chi connectivity index (χ4v) is 4.44. The quantitative estimate of drug-likeness (QED) is 0.837. The van der Waals surface area contributed by atoms with E-state index < -0.39 is 0 Å². The molecule has 1 spiro atoms. The van der Waals surface area contributed by atoms with E-state index in [0.717, 1.165) is 12.8 Å². The highest BCUT2D eigenvalue weighted by molar-refractivity contribution is 5.92. The van der Waals surface area contributed by atoms with Crippen molar-refractivity contribution in [2.45, 2.75) is 31.7 Å². The van der Waals surface area contributed by atoms with Gasteiger partial charge >= 0.3 is 0 Å². The summed E-state index contributed by atoms with van der Waals surface area (Å²) in [6.45, 7) is 1.18. The van der Waals surface area contributed by atoms with Crippen molar-refractivity contribution in [2.75, 3.05) is 20.1 Å². The molecule has 2 aromatic rings. The van der Waals surface area contributed by atoms with Crippen LogP contribution in [0.4, 0.5) is 0 Å². The lowest BCUT2D eigenvalue weighted by Gasteiger charge is -2.37. The third-order valence-electron chi connectivity index (χ3n) is 6.05. The summed E-state index contributed by atoms with van der Waals surface area (Å²) >= 11 is 0. The van der Waals surface area contributed by atoms with Crippen molar-refractivity contribution in [1.82, 2.24) is 19.8 Å². The van der Waals surface area contributed by atoms with Crippen molar-refractivity contribution in [1.29, 1.82) is 0 Å². The van der Waals surface area contributed by atoms with Gasteiger partial charge < -0.3 is 9.80 Å². The normalized spacial score (nSPS) is 21.7. The largest absolute Gasteiger partial charge is 0.342 e. The molecule has 6 heteroatoms. The van der Waals surface area contributed by atoms with Gasteiger partial charge in [0.15, 0.2) is 0 Å². The second-order valence-corrected chi connectivity index (χ2v) is 7.63. The number of benzene rings is 1. The molecule has 27 heavy (non-hydrogen) atoms. The number of likely N-dealkylation sites (tertiary alicyclic amines) is 2. The summed E-state index contributed by atoms with van der Waals surface area (Å²) in [5.41, 5.74) is 1.30. The maximum Gasteiger partial charge on any atom is 0.274 e. The Labute approximate surface area is 159 Å². The molecule has 0 unspecified atom stereocenters. The summed E-state index contributed by atoms with van der Waals surface area (Å²) in [5.74, 6) is 0.132. The Balaban J connectivity index is 1.43. The Morgan fingerprint density at radius 3 is 2.59 bits per heavy atom. The predicted molar refractivity (Wildman–Crippen MR) is 101 cm³/mol. The van der Waals surface area contributed by atoms with Crippen LogP contribution in [0.1, 0.15) is 35.3 Å². The van der Waals surface area contributed by atoms with Gasteiger partial charge in [-0.2, -0.15) is 0 Å². The Bertz CT molecular complexity index is 817. The number of nitrogens with zero attached hydrogens (tertiary/aromatic N) is 4. The van der Waals surface area contributed by atoms with E-state index in [-0.39, 0.29) is 23.3 Å². The average Bonchev–Trinajstić information content (AvgIpc) is 2.94. The van der Waals surface area contributed by atoms with E-state index in [1.165, 1.54) is 18.0 Å². The number of aromatic nitrogens is 2. The van der Waals surface area contributed by atoms with Crippen LogP contribution >= 0.6 is 0 Å². The minimum Gasteiger partial charge on any atom is -0.342 e. The Morgan fingerprint density at radius 2 is 1.93 bits per heavy atom. The third kappa shape index (κ3) is 3.31. The SMILES string of the molecule is CN1C(=O)C2(CCN(C(=O)c3cnccn3)CC2)C[C@@H]1Cc1ccccc1. The molecule has 6 nitrogen and oxygen atoms in total. The zero-order valence-corrected chi connectivity index (χ0v) is 15.5. The number of carbonyl (C=O) groups excluding carboxylic acids is 2. The van der Waals surface area contributed by atoms with Crippen LogP contribution in [0.3, 0.4) is 0 Å². The number of piperidine rings is 1. The summed E-state index contributed by atoms with van der Waals surface area (Å²) in [6.07, 6.45) is 7.76. The second-order valence-electron chi connectivity index (χ2n) is 7.63. The number of carbonyl (C=O) groups is 2. The van der Waals surface area contributed by atoms with Crippen LogP contribution in [0.25, 0.3) is 0 Å². The molecule has 0 aliphatic carbocycles. The number of hydrogen-bond donors (Lipinski definition) is 0. The van der Waals surface area contributed by atoms with Crippen molar-refractivity contribution in [3.63, 3.8) is 0 Å². The summed E-state index contributed by atoms with van der Waals surface area (Å²) in [5, 5.41) is 0. The van der Waals surface area contributed by atoms with Crippen LogP contribution < -0.4 is 0 Å². The van der Waals surface area contributed by atoms with Gasteiger partial charge in [-0.05, 0) is 31.2 Å². The van der Waals surface area contributed by atoms with Crippen LogP contribution in [-0.2, 0) is 11.2 Å². The summed E-state index contributed by atoms with van der Waals surface area (Å²) in [7, 11) is 1.92. The first-order chi connectivity index (χ1) is 13.1. The Hall–Kier alpha value is -2.76. The lowest BCUT2D eigenvalue weighted by molar-refractivity contribution is -0.137. The molecule has 1 aromatic carbocycles. The summed E-state index contributed by atoms with van der Waals surface area (Å²) in [4.78, 5) is 37.4. The van der Waals surface area contributed by atoms with E-state index >= 15 is 0 Å². The Kier molecular flexibility index (Phi) is 4.64.